The van der Waals surface area contributed by atoms with Crippen LogP contribution in [0, 0.1) is 6.92 Å². The Bertz CT molecular complexity index is 875. The first-order valence-corrected chi connectivity index (χ1v) is 9.27. The van der Waals surface area contributed by atoms with Crippen LogP contribution < -0.4 is 9.47 Å². The zero-order valence-electron chi connectivity index (χ0n) is 14.8. The van der Waals surface area contributed by atoms with Gasteiger partial charge in [-0.3, -0.25) is 9.69 Å². The molecule has 3 rings (SSSR count). The molecule has 0 atom stereocenters. The molecule has 1 fully saturated rings. The van der Waals surface area contributed by atoms with E-state index in [9.17, 15) is 4.79 Å². The van der Waals surface area contributed by atoms with Gasteiger partial charge in [0.2, 0.25) is 0 Å². The van der Waals surface area contributed by atoms with Gasteiger partial charge in [-0.25, -0.2) is 0 Å². The summed E-state index contributed by atoms with van der Waals surface area (Å²) < 4.78 is 11.0. The van der Waals surface area contributed by atoms with Crippen LogP contribution in [0.15, 0.2) is 47.4 Å². The number of nitrogens with zero attached hydrogens (tertiary/aromatic N) is 1. The molecule has 0 saturated carbocycles. The lowest BCUT2D eigenvalue weighted by molar-refractivity contribution is -0.122. The summed E-state index contributed by atoms with van der Waals surface area (Å²) in [7, 11) is 3.27. The quantitative estimate of drug-likeness (QED) is 0.563. The monoisotopic (exact) mass is 385 g/mol. The summed E-state index contributed by atoms with van der Waals surface area (Å²) in [5.41, 5.74) is 2.98. The predicted octanol–water partition coefficient (Wildman–Crippen LogP) is 4.41. The van der Waals surface area contributed by atoms with Crippen molar-refractivity contribution in [3.63, 3.8) is 0 Å². The van der Waals surface area contributed by atoms with Gasteiger partial charge in [0.05, 0.1) is 25.7 Å². The summed E-state index contributed by atoms with van der Waals surface area (Å²) in [5.74, 6) is 1.55. The van der Waals surface area contributed by atoms with Crippen molar-refractivity contribution in [1.29, 1.82) is 0 Å². The molecule has 134 valence electrons. The van der Waals surface area contributed by atoms with Crippen LogP contribution in [-0.2, 0) is 11.3 Å². The lowest BCUT2D eigenvalue weighted by Gasteiger charge is -2.14. The Morgan fingerprint density at radius 3 is 2.46 bits per heavy atom. The van der Waals surface area contributed by atoms with Crippen LogP contribution >= 0.6 is 24.0 Å². The molecular weight excluding hydrogens is 366 g/mol. The topological polar surface area (TPSA) is 38.8 Å². The molecule has 1 aliphatic rings. The van der Waals surface area contributed by atoms with Crippen molar-refractivity contribution < 1.29 is 14.3 Å². The van der Waals surface area contributed by atoms with Gasteiger partial charge in [0.15, 0.2) is 0 Å². The summed E-state index contributed by atoms with van der Waals surface area (Å²) >= 11 is 6.74. The van der Waals surface area contributed by atoms with Crippen LogP contribution in [0.4, 0.5) is 0 Å². The third-order valence-corrected chi connectivity index (χ3v) is 5.47. The van der Waals surface area contributed by atoms with Crippen molar-refractivity contribution in [1.82, 2.24) is 4.90 Å². The lowest BCUT2D eigenvalue weighted by atomic mass is 10.1. The van der Waals surface area contributed by atoms with Gasteiger partial charge in [0, 0.05) is 0 Å². The zero-order chi connectivity index (χ0) is 18.7. The number of hydrogen-bond acceptors (Lipinski definition) is 5. The van der Waals surface area contributed by atoms with E-state index in [4.69, 9.17) is 21.7 Å². The molecule has 1 saturated heterocycles. The third-order valence-electron chi connectivity index (χ3n) is 4.09. The number of amides is 1. The van der Waals surface area contributed by atoms with Gasteiger partial charge in [0.1, 0.15) is 15.8 Å². The molecule has 0 aliphatic carbocycles. The minimum absolute atomic E-state index is 0.0655. The Kier molecular flexibility index (Phi) is 5.64. The minimum atomic E-state index is -0.0655. The second-order valence-electron chi connectivity index (χ2n) is 5.84. The van der Waals surface area contributed by atoms with Crippen LogP contribution in [0.5, 0.6) is 11.5 Å². The number of carbonyl (C=O) groups is 1. The first-order chi connectivity index (χ1) is 12.5. The van der Waals surface area contributed by atoms with E-state index >= 15 is 0 Å². The number of rotatable bonds is 5. The van der Waals surface area contributed by atoms with Crippen molar-refractivity contribution in [3.05, 3.63) is 64.1 Å². The number of thiocarbonyl (C=S) groups is 1. The van der Waals surface area contributed by atoms with Crippen molar-refractivity contribution in [2.45, 2.75) is 13.5 Å². The number of benzene rings is 2. The molecule has 2 aromatic carbocycles. The smallest absolute Gasteiger partial charge is 0.266 e. The largest absolute Gasteiger partial charge is 0.497 e. The van der Waals surface area contributed by atoms with Crippen LogP contribution in [0.25, 0.3) is 6.08 Å². The molecule has 0 aromatic heterocycles. The molecule has 6 heteroatoms. The highest BCUT2D eigenvalue weighted by Gasteiger charge is 2.31. The van der Waals surface area contributed by atoms with E-state index in [0.29, 0.717) is 15.8 Å². The number of methoxy groups -OCH3 is 2. The lowest BCUT2D eigenvalue weighted by Crippen LogP contribution is -2.27. The first-order valence-electron chi connectivity index (χ1n) is 8.04. The van der Waals surface area contributed by atoms with Crippen LogP contribution in [0.2, 0.25) is 0 Å². The molecule has 1 aliphatic heterocycles. The summed E-state index contributed by atoms with van der Waals surface area (Å²) in [6.45, 7) is 2.43. The summed E-state index contributed by atoms with van der Waals surface area (Å²) in [4.78, 5) is 15.0. The average molecular weight is 386 g/mol. The summed E-state index contributed by atoms with van der Waals surface area (Å²) in [6, 6.07) is 13.5. The highest BCUT2D eigenvalue weighted by Crippen LogP contribution is 2.34. The van der Waals surface area contributed by atoms with Gasteiger partial charge in [-0.15, -0.1) is 0 Å². The van der Waals surface area contributed by atoms with E-state index in [0.717, 1.165) is 28.2 Å². The summed E-state index contributed by atoms with van der Waals surface area (Å²) in [5, 5.41) is 0. The number of carbonyl (C=O) groups excluding carboxylic acids is 1. The molecule has 0 spiro atoms. The van der Waals surface area contributed by atoms with E-state index < -0.39 is 0 Å². The maximum Gasteiger partial charge on any atom is 0.266 e. The van der Waals surface area contributed by atoms with Gasteiger partial charge >= 0.3 is 0 Å². The SMILES string of the molecule is COc1ccc(CN2C(=O)/C(=C\c3ccc(OC)c(C)c3)SC2=S)cc1. The number of aryl methyl sites for hydroxylation is 1. The van der Waals surface area contributed by atoms with Crippen molar-refractivity contribution in [2.24, 2.45) is 0 Å². The normalized spacial score (nSPS) is 15.7. The van der Waals surface area contributed by atoms with Crippen molar-refractivity contribution >= 4 is 40.3 Å². The minimum Gasteiger partial charge on any atom is -0.497 e. The van der Waals surface area contributed by atoms with E-state index in [-0.39, 0.29) is 5.91 Å². The Morgan fingerprint density at radius 1 is 1.12 bits per heavy atom. The highest BCUT2D eigenvalue weighted by atomic mass is 32.2. The number of thioether (sulfide) groups is 1. The first kappa shape index (κ1) is 18.5. The second kappa shape index (κ2) is 7.93. The molecule has 0 radical (unpaired) electrons. The molecule has 2 aromatic rings. The van der Waals surface area contributed by atoms with Crippen LogP contribution in [-0.4, -0.2) is 29.3 Å². The van der Waals surface area contributed by atoms with E-state index in [2.05, 4.69) is 0 Å². The van der Waals surface area contributed by atoms with Gasteiger partial charge in [-0.2, -0.15) is 0 Å². The fourth-order valence-corrected chi connectivity index (χ4v) is 3.95. The fraction of sp³-hybridized carbons (Fsp3) is 0.200. The Morgan fingerprint density at radius 2 is 1.85 bits per heavy atom. The van der Waals surface area contributed by atoms with Gasteiger partial charge < -0.3 is 9.47 Å². The van der Waals surface area contributed by atoms with Gasteiger partial charge in [0.25, 0.3) is 5.91 Å². The molecule has 1 amide bonds. The third kappa shape index (κ3) is 3.92. The number of ether oxygens (including phenoxy) is 2. The zero-order valence-corrected chi connectivity index (χ0v) is 16.4. The maximum atomic E-state index is 12.8. The molecule has 0 bridgehead atoms. The van der Waals surface area contributed by atoms with Crippen LogP contribution in [0.1, 0.15) is 16.7 Å². The van der Waals surface area contributed by atoms with E-state index in [1.807, 2.05) is 55.5 Å². The summed E-state index contributed by atoms with van der Waals surface area (Å²) in [6.07, 6.45) is 1.87. The Balaban J connectivity index is 1.78. The molecule has 4 nitrogen and oxygen atoms in total. The van der Waals surface area contributed by atoms with Crippen molar-refractivity contribution in [3.8, 4) is 11.5 Å². The van der Waals surface area contributed by atoms with E-state index in [1.54, 1.807) is 19.1 Å². The van der Waals surface area contributed by atoms with Gasteiger partial charge in [-0.1, -0.05) is 42.2 Å². The average Bonchev–Trinajstić information content (AvgIpc) is 2.90. The molecular formula is C20H19NO3S2. The fourth-order valence-electron chi connectivity index (χ4n) is 2.69. The molecule has 26 heavy (non-hydrogen) atoms. The second-order valence-corrected chi connectivity index (χ2v) is 7.52. The van der Waals surface area contributed by atoms with E-state index in [1.165, 1.54) is 11.8 Å². The maximum absolute atomic E-state index is 12.8. The Labute approximate surface area is 162 Å². The predicted molar refractivity (Wildman–Crippen MR) is 109 cm³/mol. The molecule has 0 N–H and O–H groups in total. The molecule has 1 heterocycles. The van der Waals surface area contributed by atoms with Crippen LogP contribution in [0.3, 0.4) is 0 Å². The van der Waals surface area contributed by atoms with Crippen molar-refractivity contribution in [2.75, 3.05) is 14.2 Å². The standard InChI is InChI=1S/C20H19NO3S2/c1-13-10-15(6-9-17(13)24-3)11-18-19(22)21(20(25)26-18)12-14-4-7-16(23-2)8-5-14/h4-11H,12H2,1-3H3/b18-11+. The number of hydrogen-bond donors (Lipinski definition) is 0. The molecule has 0 unspecified atom stereocenters. The highest BCUT2D eigenvalue weighted by molar-refractivity contribution is 8.26. The Hall–Kier alpha value is -2.31. The van der Waals surface area contributed by atoms with Gasteiger partial charge in [-0.05, 0) is 54.0 Å².